The zero-order chi connectivity index (χ0) is 20.8. The number of fused-ring (bicyclic) bond motifs is 2. The van der Waals surface area contributed by atoms with Crippen LogP contribution < -0.4 is 15.5 Å². The highest BCUT2D eigenvalue weighted by Crippen LogP contribution is 2.48. The summed E-state index contributed by atoms with van der Waals surface area (Å²) >= 11 is 7.94. The number of para-hydroxylation sites is 1. The first-order chi connectivity index (χ1) is 13.6. The Bertz CT molecular complexity index is 927. The van der Waals surface area contributed by atoms with Crippen LogP contribution in [0.1, 0.15) is 40.5 Å². The van der Waals surface area contributed by atoms with Gasteiger partial charge in [0.25, 0.3) is 0 Å². The number of carbonyl (C=O) groups is 1. The smallest absolute Gasteiger partial charge is 0.245 e. The van der Waals surface area contributed by atoms with Gasteiger partial charge in [-0.15, -0.1) is 0 Å². The van der Waals surface area contributed by atoms with E-state index in [-0.39, 0.29) is 17.0 Å². The summed E-state index contributed by atoms with van der Waals surface area (Å²) in [4.78, 5) is 17.3. The van der Waals surface area contributed by atoms with Gasteiger partial charge in [0.1, 0.15) is 0 Å². The van der Waals surface area contributed by atoms with Gasteiger partial charge in [-0.1, -0.05) is 35.5 Å². The number of halogens is 1. The third-order valence-electron chi connectivity index (χ3n) is 5.47. The van der Waals surface area contributed by atoms with Gasteiger partial charge in [-0.3, -0.25) is 9.69 Å². The van der Waals surface area contributed by atoms with Crippen LogP contribution in [-0.2, 0) is 4.79 Å². The van der Waals surface area contributed by atoms with Crippen molar-refractivity contribution in [3.63, 3.8) is 0 Å². The molecule has 4 nitrogen and oxygen atoms in total. The molecule has 0 aliphatic carbocycles. The Morgan fingerprint density at radius 1 is 1.10 bits per heavy atom. The van der Waals surface area contributed by atoms with Crippen molar-refractivity contribution >= 4 is 40.6 Å². The quantitative estimate of drug-likeness (QED) is 0.688. The molecule has 2 aromatic carbocycles. The minimum Gasteiger partial charge on any atom is -0.307 e. The SMILES string of the molecule is CC1(C)CC(NCC(=O)N2c3ccccc3Sc3ccc(Cl)cc32)CC(C)(C)N1. The molecular weight excluding hydrogens is 402 g/mol. The van der Waals surface area contributed by atoms with Gasteiger partial charge in [0.2, 0.25) is 5.91 Å². The van der Waals surface area contributed by atoms with Crippen LogP contribution >= 0.6 is 23.4 Å². The van der Waals surface area contributed by atoms with Crippen molar-refractivity contribution in [3.05, 3.63) is 47.5 Å². The molecule has 154 valence electrons. The van der Waals surface area contributed by atoms with Gasteiger partial charge >= 0.3 is 0 Å². The van der Waals surface area contributed by atoms with Gasteiger partial charge in [0.15, 0.2) is 0 Å². The lowest BCUT2D eigenvalue weighted by Gasteiger charge is -2.46. The first-order valence-electron chi connectivity index (χ1n) is 10.1. The van der Waals surface area contributed by atoms with E-state index < -0.39 is 0 Å². The van der Waals surface area contributed by atoms with E-state index in [4.69, 9.17) is 11.6 Å². The second kappa shape index (κ2) is 7.62. The minimum atomic E-state index is 0.0374. The lowest BCUT2D eigenvalue weighted by atomic mass is 9.79. The molecule has 0 unspecified atom stereocenters. The molecule has 0 radical (unpaired) electrons. The van der Waals surface area contributed by atoms with E-state index in [2.05, 4.69) is 44.4 Å². The van der Waals surface area contributed by atoms with Crippen LogP contribution in [0.25, 0.3) is 0 Å². The van der Waals surface area contributed by atoms with Crippen molar-refractivity contribution in [2.24, 2.45) is 0 Å². The molecule has 1 amide bonds. The Kier molecular flexibility index (Phi) is 5.45. The lowest BCUT2D eigenvalue weighted by Crippen LogP contribution is -2.62. The van der Waals surface area contributed by atoms with E-state index in [1.165, 1.54) is 0 Å². The summed E-state index contributed by atoms with van der Waals surface area (Å²) in [6, 6.07) is 14.1. The number of rotatable bonds is 3. The Labute approximate surface area is 182 Å². The van der Waals surface area contributed by atoms with Crippen LogP contribution in [0.4, 0.5) is 11.4 Å². The summed E-state index contributed by atoms with van der Waals surface area (Å²) in [7, 11) is 0. The predicted molar refractivity (Wildman–Crippen MR) is 121 cm³/mol. The Balaban J connectivity index is 1.57. The average Bonchev–Trinajstić information content (AvgIpc) is 2.62. The lowest BCUT2D eigenvalue weighted by molar-refractivity contribution is -0.117. The van der Waals surface area contributed by atoms with Gasteiger partial charge in [0, 0.05) is 31.9 Å². The monoisotopic (exact) mass is 429 g/mol. The van der Waals surface area contributed by atoms with Gasteiger partial charge in [0.05, 0.1) is 17.9 Å². The first kappa shape index (κ1) is 20.7. The van der Waals surface area contributed by atoms with Gasteiger partial charge in [-0.25, -0.2) is 0 Å². The summed E-state index contributed by atoms with van der Waals surface area (Å²) in [6.45, 7) is 9.19. The van der Waals surface area contributed by atoms with Crippen LogP contribution in [0.15, 0.2) is 52.3 Å². The normalized spacial score (nSPS) is 20.1. The summed E-state index contributed by atoms with van der Waals surface area (Å²) in [6.07, 6.45) is 1.97. The number of carbonyl (C=O) groups excluding carboxylic acids is 1. The number of anilines is 2. The van der Waals surface area contributed by atoms with E-state index in [1.807, 2.05) is 41.3 Å². The molecule has 29 heavy (non-hydrogen) atoms. The fourth-order valence-electron chi connectivity index (χ4n) is 4.77. The fraction of sp³-hybridized carbons (Fsp3) is 0.435. The molecule has 2 aromatic rings. The highest BCUT2D eigenvalue weighted by atomic mass is 35.5. The van der Waals surface area contributed by atoms with E-state index in [0.29, 0.717) is 17.6 Å². The standard InChI is InChI=1S/C23H28ClN3OS/c1-22(2)12-16(13-23(3,4)26-22)25-14-21(28)27-17-7-5-6-8-19(17)29-20-10-9-15(24)11-18(20)27/h5-11,16,25-26H,12-14H2,1-4H3. The van der Waals surface area contributed by atoms with Crippen LogP contribution in [0.2, 0.25) is 5.02 Å². The molecule has 0 spiro atoms. The van der Waals surface area contributed by atoms with Crippen LogP contribution in [0, 0.1) is 0 Å². The first-order valence-corrected chi connectivity index (χ1v) is 11.3. The zero-order valence-corrected chi connectivity index (χ0v) is 19.0. The second-order valence-corrected chi connectivity index (χ2v) is 10.8. The van der Waals surface area contributed by atoms with Crippen molar-refractivity contribution < 1.29 is 4.79 Å². The number of nitrogens with zero attached hydrogens (tertiary/aromatic N) is 1. The Morgan fingerprint density at radius 2 is 1.76 bits per heavy atom. The van der Waals surface area contributed by atoms with Crippen LogP contribution in [-0.4, -0.2) is 29.6 Å². The molecule has 2 N–H and O–H groups in total. The van der Waals surface area contributed by atoms with Crippen molar-refractivity contribution in [1.29, 1.82) is 0 Å². The van der Waals surface area contributed by atoms with E-state index in [0.717, 1.165) is 34.0 Å². The molecule has 0 aromatic heterocycles. The molecule has 0 saturated carbocycles. The molecule has 6 heteroatoms. The van der Waals surface area contributed by atoms with Crippen molar-refractivity contribution in [1.82, 2.24) is 10.6 Å². The van der Waals surface area contributed by atoms with Crippen molar-refractivity contribution in [3.8, 4) is 0 Å². The Morgan fingerprint density at radius 3 is 2.48 bits per heavy atom. The van der Waals surface area contributed by atoms with Gasteiger partial charge < -0.3 is 10.6 Å². The van der Waals surface area contributed by atoms with Crippen LogP contribution in [0.3, 0.4) is 0 Å². The predicted octanol–water partition coefficient (Wildman–Crippen LogP) is 5.37. The molecule has 1 saturated heterocycles. The molecular formula is C23H28ClN3OS. The topological polar surface area (TPSA) is 44.4 Å². The maximum Gasteiger partial charge on any atom is 0.245 e. The maximum absolute atomic E-state index is 13.4. The summed E-state index contributed by atoms with van der Waals surface area (Å²) in [5, 5.41) is 7.86. The molecule has 1 fully saturated rings. The molecule has 2 aliphatic rings. The largest absolute Gasteiger partial charge is 0.307 e. The Hall–Kier alpha value is -1.53. The molecule has 4 rings (SSSR count). The van der Waals surface area contributed by atoms with E-state index in [1.54, 1.807) is 11.8 Å². The number of benzene rings is 2. The van der Waals surface area contributed by atoms with Gasteiger partial charge in [-0.05, 0) is 70.9 Å². The average molecular weight is 430 g/mol. The van der Waals surface area contributed by atoms with Crippen molar-refractivity contribution in [2.75, 3.05) is 11.4 Å². The van der Waals surface area contributed by atoms with Gasteiger partial charge in [-0.2, -0.15) is 0 Å². The number of piperidine rings is 1. The number of amides is 1. The highest BCUT2D eigenvalue weighted by Gasteiger charge is 2.38. The highest BCUT2D eigenvalue weighted by molar-refractivity contribution is 7.99. The molecule has 0 bridgehead atoms. The molecule has 0 atom stereocenters. The fourth-order valence-corrected chi connectivity index (χ4v) is 5.98. The second-order valence-electron chi connectivity index (χ2n) is 9.29. The third-order valence-corrected chi connectivity index (χ3v) is 6.83. The zero-order valence-electron chi connectivity index (χ0n) is 17.4. The minimum absolute atomic E-state index is 0.0374. The van der Waals surface area contributed by atoms with E-state index >= 15 is 0 Å². The number of hydrogen-bond donors (Lipinski definition) is 2. The number of nitrogens with one attached hydrogen (secondary N) is 2. The summed E-state index contributed by atoms with van der Waals surface area (Å²) in [5.41, 5.74) is 1.86. The van der Waals surface area contributed by atoms with Crippen molar-refractivity contribution in [2.45, 2.75) is 67.4 Å². The number of hydrogen-bond acceptors (Lipinski definition) is 4. The van der Waals surface area contributed by atoms with Crippen LogP contribution in [0.5, 0.6) is 0 Å². The summed E-state index contributed by atoms with van der Waals surface area (Å²) < 4.78 is 0. The maximum atomic E-state index is 13.4. The third kappa shape index (κ3) is 4.48. The van der Waals surface area contributed by atoms with E-state index in [9.17, 15) is 4.79 Å². The summed E-state index contributed by atoms with van der Waals surface area (Å²) in [5.74, 6) is 0.0374. The molecule has 2 aliphatic heterocycles. The molecule has 2 heterocycles.